The van der Waals surface area contributed by atoms with Gasteiger partial charge in [0.2, 0.25) is 0 Å². The van der Waals surface area contributed by atoms with Crippen molar-refractivity contribution in [3.8, 4) is 5.82 Å². The van der Waals surface area contributed by atoms with E-state index in [-0.39, 0.29) is 0 Å². The highest BCUT2D eigenvalue weighted by Gasteiger charge is 2.17. The fourth-order valence-corrected chi connectivity index (χ4v) is 2.08. The second-order valence-electron chi connectivity index (χ2n) is 4.21. The van der Waals surface area contributed by atoms with E-state index in [0.717, 1.165) is 23.5 Å². The summed E-state index contributed by atoms with van der Waals surface area (Å²) in [4.78, 5) is 20.3. The third-order valence-corrected chi connectivity index (χ3v) is 2.83. The Kier molecular flexibility index (Phi) is 3.14. The summed E-state index contributed by atoms with van der Waals surface area (Å²) in [6.07, 6.45) is 4.26. The lowest BCUT2D eigenvalue weighted by atomic mass is 10.1. The third-order valence-electron chi connectivity index (χ3n) is 2.83. The molecule has 0 aliphatic rings. The van der Waals surface area contributed by atoms with Crippen molar-refractivity contribution < 1.29 is 4.79 Å². The van der Waals surface area contributed by atoms with Crippen molar-refractivity contribution in [1.29, 1.82) is 0 Å². The fourth-order valence-electron chi connectivity index (χ4n) is 2.08. The molecule has 2 aromatic rings. The molecule has 2 heterocycles. The van der Waals surface area contributed by atoms with E-state index in [0.29, 0.717) is 11.4 Å². The Balaban J connectivity index is 2.73. The number of hydrogen-bond donors (Lipinski definition) is 1. The van der Waals surface area contributed by atoms with Gasteiger partial charge in [0.05, 0.1) is 5.56 Å². The zero-order valence-corrected chi connectivity index (χ0v) is 10.8. The van der Waals surface area contributed by atoms with Crippen LogP contribution in [-0.2, 0) is 6.42 Å². The van der Waals surface area contributed by atoms with E-state index in [4.69, 9.17) is 5.73 Å². The van der Waals surface area contributed by atoms with E-state index in [9.17, 15) is 4.79 Å². The van der Waals surface area contributed by atoms with Crippen LogP contribution in [0.3, 0.4) is 0 Å². The number of hydrogen-bond acceptors (Lipinski definition) is 3. The Morgan fingerprint density at radius 1 is 1.44 bits per heavy atom. The van der Waals surface area contributed by atoms with Crippen molar-refractivity contribution in [1.82, 2.24) is 14.5 Å². The third kappa shape index (κ3) is 1.99. The summed E-state index contributed by atoms with van der Waals surface area (Å²) < 4.78 is 1.82. The van der Waals surface area contributed by atoms with E-state index in [1.165, 1.54) is 0 Å². The second kappa shape index (κ2) is 4.60. The summed E-state index contributed by atoms with van der Waals surface area (Å²) in [6.45, 7) is 5.76. The number of carbonyl (C=O) groups excluding carboxylic acids is 1. The number of nitrogens with two attached hydrogens (primary N) is 1. The molecule has 0 aliphatic heterocycles. The lowest BCUT2D eigenvalue weighted by Gasteiger charge is -2.12. The molecule has 0 atom stereocenters. The molecule has 94 valence electrons. The van der Waals surface area contributed by atoms with Crippen molar-refractivity contribution in [2.45, 2.75) is 27.2 Å². The minimum absolute atomic E-state index is 0.452. The molecule has 0 aromatic carbocycles. The van der Waals surface area contributed by atoms with Crippen molar-refractivity contribution in [3.63, 3.8) is 0 Å². The van der Waals surface area contributed by atoms with Crippen molar-refractivity contribution in [3.05, 3.63) is 41.1 Å². The van der Waals surface area contributed by atoms with Gasteiger partial charge in [0.1, 0.15) is 5.82 Å². The average molecular weight is 244 g/mol. The molecule has 2 rings (SSSR count). The lowest BCUT2D eigenvalue weighted by Crippen LogP contribution is -2.18. The summed E-state index contributed by atoms with van der Waals surface area (Å²) >= 11 is 0. The average Bonchev–Trinajstić information content (AvgIpc) is 2.74. The van der Waals surface area contributed by atoms with Gasteiger partial charge in [0.25, 0.3) is 5.91 Å². The summed E-state index contributed by atoms with van der Waals surface area (Å²) in [7, 11) is 0. The molecule has 1 amide bonds. The molecule has 0 unspecified atom stereocenters. The molecule has 0 saturated heterocycles. The normalized spacial score (nSPS) is 10.6. The van der Waals surface area contributed by atoms with E-state index >= 15 is 0 Å². The largest absolute Gasteiger partial charge is 0.365 e. The molecule has 0 radical (unpaired) electrons. The molecule has 0 saturated carbocycles. The molecule has 0 aliphatic carbocycles. The van der Waals surface area contributed by atoms with Gasteiger partial charge < -0.3 is 5.73 Å². The Labute approximate surface area is 106 Å². The van der Waals surface area contributed by atoms with Gasteiger partial charge in [0, 0.05) is 24.5 Å². The molecule has 2 aromatic heterocycles. The molecule has 5 heteroatoms. The number of rotatable bonds is 3. The summed E-state index contributed by atoms with van der Waals surface area (Å²) in [5, 5.41) is 0. The molecule has 0 spiro atoms. The van der Waals surface area contributed by atoms with Crippen LogP contribution < -0.4 is 5.73 Å². The molecule has 2 N–H and O–H groups in total. The van der Waals surface area contributed by atoms with E-state index < -0.39 is 5.91 Å². The van der Waals surface area contributed by atoms with E-state index in [1.807, 2.05) is 31.4 Å². The van der Waals surface area contributed by atoms with Crippen LogP contribution >= 0.6 is 0 Å². The van der Waals surface area contributed by atoms with Crippen molar-refractivity contribution in [2.75, 3.05) is 0 Å². The monoisotopic (exact) mass is 244 g/mol. The molecule has 0 bridgehead atoms. The first-order chi connectivity index (χ1) is 8.54. The van der Waals surface area contributed by atoms with E-state index in [1.54, 1.807) is 12.4 Å². The molecular formula is C13H16N4O. The number of carbonyl (C=O) groups is 1. The zero-order chi connectivity index (χ0) is 13.3. The number of aryl methyl sites for hydroxylation is 3. The number of imidazole rings is 1. The standard InChI is InChI=1S/C13H16N4O/c1-4-10-15-5-6-17(10)13-11(12(14)18)8(2)7-9(3)16-13/h5-7H,4H2,1-3H3,(H2,14,18). The topological polar surface area (TPSA) is 73.8 Å². The van der Waals surface area contributed by atoms with Gasteiger partial charge in [-0.1, -0.05) is 6.92 Å². The molecule has 18 heavy (non-hydrogen) atoms. The number of aromatic nitrogens is 3. The van der Waals surface area contributed by atoms with Crippen LogP contribution in [0.25, 0.3) is 5.82 Å². The highest BCUT2D eigenvalue weighted by molar-refractivity contribution is 5.97. The Morgan fingerprint density at radius 3 is 2.78 bits per heavy atom. The predicted octanol–water partition coefficient (Wildman–Crippen LogP) is 1.55. The number of nitrogens with zero attached hydrogens (tertiary/aromatic N) is 3. The Morgan fingerprint density at radius 2 is 2.17 bits per heavy atom. The van der Waals surface area contributed by atoms with Crippen LogP contribution in [0.4, 0.5) is 0 Å². The van der Waals surface area contributed by atoms with Gasteiger partial charge in [-0.3, -0.25) is 9.36 Å². The fraction of sp³-hybridized carbons (Fsp3) is 0.308. The minimum atomic E-state index is -0.467. The Hall–Kier alpha value is -2.17. The van der Waals surface area contributed by atoms with Crippen LogP contribution in [-0.4, -0.2) is 20.4 Å². The maximum absolute atomic E-state index is 11.6. The van der Waals surface area contributed by atoms with Crippen LogP contribution in [0.15, 0.2) is 18.5 Å². The lowest BCUT2D eigenvalue weighted by molar-refractivity contribution is 0.0999. The van der Waals surface area contributed by atoms with Crippen LogP contribution in [0.1, 0.15) is 34.4 Å². The first-order valence-electron chi connectivity index (χ1n) is 5.85. The van der Waals surface area contributed by atoms with Crippen LogP contribution in [0.2, 0.25) is 0 Å². The summed E-state index contributed by atoms with van der Waals surface area (Å²) in [5.41, 5.74) is 7.59. The minimum Gasteiger partial charge on any atom is -0.365 e. The Bertz CT molecular complexity index is 601. The van der Waals surface area contributed by atoms with E-state index in [2.05, 4.69) is 9.97 Å². The first kappa shape index (κ1) is 12.3. The smallest absolute Gasteiger partial charge is 0.252 e. The second-order valence-corrected chi connectivity index (χ2v) is 4.21. The first-order valence-corrected chi connectivity index (χ1v) is 5.85. The summed E-state index contributed by atoms with van der Waals surface area (Å²) in [5.74, 6) is 0.954. The molecule has 0 fully saturated rings. The highest BCUT2D eigenvalue weighted by atomic mass is 16.1. The SMILES string of the molecule is CCc1nccn1-c1nc(C)cc(C)c1C(N)=O. The van der Waals surface area contributed by atoms with Gasteiger partial charge in [-0.25, -0.2) is 9.97 Å². The highest BCUT2D eigenvalue weighted by Crippen LogP contribution is 2.19. The molecule has 5 nitrogen and oxygen atoms in total. The number of amides is 1. The maximum atomic E-state index is 11.6. The predicted molar refractivity (Wildman–Crippen MR) is 68.7 cm³/mol. The summed E-state index contributed by atoms with van der Waals surface area (Å²) in [6, 6.07) is 1.85. The number of primary amides is 1. The molecular weight excluding hydrogens is 228 g/mol. The van der Waals surface area contributed by atoms with Crippen LogP contribution in [0, 0.1) is 13.8 Å². The maximum Gasteiger partial charge on any atom is 0.252 e. The van der Waals surface area contributed by atoms with Gasteiger partial charge in [0.15, 0.2) is 5.82 Å². The quantitative estimate of drug-likeness (QED) is 0.890. The number of pyridine rings is 1. The van der Waals surface area contributed by atoms with Gasteiger partial charge in [-0.15, -0.1) is 0 Å². The van der Waals surface area contributed by atoms with Gasteiger partial charge in [-0.2, -0.15) is 0 Å². The van der Waals surface area contributed by atoms with Crippen LogP contribution in [0.5, 0.6) is 0 Å². The van der Waals surface area contributed by atoms with Gasteiger partial charge in [-0.05, 0) is 25.5 Å². The van der Waals surface area contributed by atoms with Crippen molar-refractivity contribution >= 4 is 5.91 Å². The zero-order valence-electron chi connectivity index (χ0n) is 10.8. The van der Waals surface area contributed by atoms with Gasteiger partial charge >= 0.3 is 0 Å². The van der Waals surface area contributed by atoms with Crippen molar-refractivity contribution in [2.24, 2.45) is 5.73 Å².